The first-order chi connectivity index (χ1) is 27.2. The Hall–Kier alpha value is -7.17. The first-order valence-electron chi connectivity index (χ1n) is 18.9. The van der Waals surface area contributed by atoms with Gasteiger partial charge in [0.1, 0.15) is 11.2 Å². The molecule has 0 N–H and O–H groups in total. The molecule has 9 aromatic carbocycles. The standard InChI is InChI=1S/C51H31N3O/c1-2-12-32(13-3-1)49-52-50(54-51(53-49)43-29-35-16-7-9-18-38(35)46-37-17-8-6-11-30(37)23-25-39(43)46)41-19-10-20-44-47(41)40-26-24-31-21-22-36-27-33-14-4-5-15-34(33)28-42(36)45(31)48(40)55-44/h1-20,23-29H,21-22H2. The van der Waals surface area contributed by atoms with Crippen LogP contribution in [0.2, 0.25) is 0 Å². The number of hydrogen-bond donors (Lipinski definition) is 0. The number of fused-ring (bicyclic) bond motifs is 13. The average Bonchev–Trinajstić information content (AvgIpc) is 3.64. The second-order valence-electron chi connectivity index (χ2n) is 14.6. The fraction of sp³-hybridized carbons (Fsp3) is 0.0392. The summed E-state index contributed by atoms with van der Waals surface area (Å²) < 4.78 is 6.89. The van der Waals surface area contributed by atoms with Gasteiger partial charge in [-0.2, -0.15) is 0 Å². The maximum Gasteiger partial charge on any atom is 0.164 e. The molecule has 0 saturated heterocycles. The predicted octanol–water partition coefficient (Wildman–Crippen LogP) is 13.2. The van der Waals surface area contributed by atoms with Gasteiger partial charge in [0.2, 0.25) is 0 Å². The van der Waals surface area contributed by atoms with Crippen molar-refractivity contribution in [1.29, 1.82) is 0 Å². The van der Waals surface area contributed by atoms with Gasteiger partial charge >= 0.3 is 0 Å². The van der Waals surface area contributed by atoms with Crippen molar-refractivity contribution in [3.63, 3.8) is 0 Å². The predicted molar refractivity (Wildman–Crippen MR) is 226 cm³/mol. The van der Waals surface area contributed by atoms with E-state index in [1.165, 1.54) is 54.6 Å². The zero-order valence-electron chi connectivity index (χ0n) is 29.8. The van der Waals surface area contributed by atoms with E-state index in [0.29, 0.717) is 17.5 Å². The fourth-order valence-corrected chi connectivity index (χ4v) is 9.00. The molecule has 0 unspecified atom stereocenters. The molecule has 0 aliphatic heterocycles. The first kappa shape index (κ1) is 30.3. The van der Waals surface area contributed by atoms with E-state index < -0.39 is 0 Å². The molecule has 0 saturated carbocycles. The summed E-state index contributed by atoms with van der Waals surface area (Å²) >= 11 is 0. The van der Waals surface area contributed by atoms with Crippen LogP contribution >= 0.6 is 0 Å². The Morgan fingerprint density at radius 2 is 1.02 bits per heavy atom. The summed E-state index contributed by atoms with van der Waals surface area (Å²) in [7, 11) is 0. The highest BCUT2D eigenvalue weighted by Gasteiger charge is 2.25. The van der Waals surface area contributed by atoms with Crippen molar-refractivity contribution in [2.24, 2.45) is 0 Å². The number of hydrogen-bond acceptors (Lipinski definition) is 4. The summed E-state index contributed by atoms with van der Waals surface area (Å²) in [4.78, 5) is 15.8. The average molecular weight is 702 g/mol. The highest BCUT2D eigenvalue weighted by molar-refractivity contribution is 6.24. The fourth-order valence-electron chi connectivity index (χ4n) is 9.00. The van der Waals surface area contributed by atoms with Gasteiger partial charge in [-0.15, -0.1) is 0 Å². The molecule has 0 amide bonds. The van der Waals surface area contributed by atoms with Crippen LogP contribution < -0.4 is 0 Å². The summed E-state index contributed by atoms with van der Waals surface area (Å²) in [5, 5.41) is 11.7. The van der Waals surface area contributed by atoms with Gasteiger partial charge in [0.05, 0.1) is 0 Å². The van der Waals surface area contributed by atoms with Crippen molar-refractivity contribution in [2.75, 3.05) is 0 Å². The Labute approximate surface area is 316 Å². The molecule has 12 rings (SSSR count). The van der Waals surface area contributed by atoms with Gasteiger partial charge in [-0.05, 0) is 90.8 Å². The molecule has 2 aromatic heterocycles. The zero-order valence-corrected chi connectivity index (χ0v) is 29.8. The van der Waals surface area contributed by atoms with E-state index in [0.717, 1.165) is 62.2 Å². The molecular formula is C51H31N3O. The highest BCUT2D eigenvalue weighted by Crippen LogP contribution is 2.46. The van der Waals surface area contributed by atoms with Crippen LogP contribution in [-0.2, 0) is 12.8 Å². The minimum Gasteiger partial charge on any atom is -0.455 e. The van der Waals surface area contributed by atoms with Crippen LogP contribution in [0.25, 0.3) is 110 Å². The van der Waals surface area contributed by atoms with Gasteiger partial charge in [-0.3, -0.25) is 0 Å². The number of rotatable bonds is 3. The van der Waals surface area contributed by atoms with Gasteiger partial charge in [0, 0.05) is 33.0 Å². The molecule has 4 heteroatoms. The van der Waals surface area contributed by atoms with Crippen LogP contribution in [0.3, 0.4) is 0 Å². The van der Waals surface area contributed by atoms with Crippen molar-refractivity contribution < 1.29 is 4.42 Å². The number of aryl methyl sites for hydroxylation is 2. The maximum atomic E-state index is 6.89. The minimum atomic E-state index is 0.614. The highest BCUT2D eigenvalue weighted by atomic mass is 16.3. The van der Waals surface area contributed by atoms with Gasteiger partial charge in [0.25, 0.3) is 0 Å². The minimum absolute atomic E-state index is 0.614. The Kier molecular flexibility index (Phi) is 6.43. The van der Waals surface area contributed by atoms with Gasteiger partial charge < -0.3 is 4.42 Å². The topological polar surface area (TPSA) is 51.8 Å². The first-order valence-corrected chi connectivity index (χ1v) is 18.9. The van der Waals surface area contributed by atoms with E-state index in [-0.39, 0.29) is 0 Å². The van der Waals surface area contributed by atoms with Gasteiger partial charge in [-0.1, -0.05) is 146 Å². The summed E-state index contributed by atoms with van der Waals surface area (Å²) in [6.07, 6.45) is 1.99. The van der Waals surface area contributed by atoms with Crippen molar-refractivity contribution in [2.45, 2.75) is 12.8 Å². The Morgan fingerprint density at radius 3 is 1.85 bits per heavy atom. The molecule has 0 bridgehead atoms. The largest absolute Gasteiger partial charge is 0.455 e. The third-order valence-electron chi connectivity index (χ3n) is 11.6. The SMILES string of the molecule is c1ccc(-c2nc(-c3cc4ccccc4c4c3ccc3ccccc34)nc(-c3cccc4oc5c6c(ccc5c34)CCc3cc4ccccc4cc3-6)n2)cc1. The smallest absolute Gasteiger partial charge is 0.164 e. The molecule has 4 nitrogen and oxygen atoms in total. The van der Waals surface area contributed by atoms with E-state index >= 15 is 0 Å². The van der Waals surface area contributed by atoms with Gasteiger partial charge in [-0.25, -0.2) is 15.0 Å². The molecule has 0 radical (unpaired) electrons. The summed E-state index contributed by atoms with van der Waals surface area (Å²) in [6.45, 7) is 0. The zero-order chi connectivity index (χ0) is 36.0. The number of nitrogens with zero attached hydrogens (tertiary/aromatic N) is 3. The summed E-state index contributed by atoms with van der Waals surface area (Å²) in [5.41, 5.74) is 9.71. The van der Waals surface area contributed by atoms with Crippen LogP contribution in [0.15, 0.2) is 168 Å². The van der Waals surface area contributed by atoms with E-state index in [2.05, 4.69) is 146 Å². The Morgan fingerprint density at radius 1 is 0.382 bits per heavy atom. The van der Waals surface area contributed by atoms with Crippen LogP contribution in [0.5, 0.6) is 0 Å². The maximum absolute atomic E-state index is 6.89. The molecule has 11 aromatic rings. The normalized spacial score (nSPS) is 12.6. The number of furan rings is 1. The second kappa shape index (κ2) is 11.7. The third kappa shape index (κ3) is 4.61. The van der Waals surface area contributed by atoms with Crippen molar-refractivity contribution in [3.8, 4) is 45.3 Å². The molecule has 55 heavy (non-hydrogen) atoms. The third-order valence-corrected chi connectivity index (χ3v) is 11.6. The van der Waals surface area contributed by atoms with E-state index in [1.807, 2.05) is 18.2 Å². The number of aromatic nitrogens is 3. The molecule has 1 aliphatic carbocycles. The quantitative estimate of drug-likeness (QED) is 0.172. The van der Waals surface area contributed by atoms with E-state index in [9.17, 15) is 0 Å². The van der Waals surface area contributed by atoms with Crippen molar-refractivity contribution >= 4 is 65.0 Å². The van der Waals surface area contributed by atoms with E-state index in [4.69, 9.17) is 19.4 Å². The molecular weight excluding hydrogens is 671 g/mol. The van der Waals surface area contributed by atoms with Crippen molar-refractivity contribution in [1.82, 2.24) is 15.0 Å². The second-order valence-corrected chi connectivity index (χ2v) is 14.6. The number of benzene rings is 9. The monoisotopic (exact) mass is 701 g/mol. The molecule has 0 spiro atoms. The molecule has 256 valence electrons. The lowest BCUT2D eigenvalue weighted by molar-refractivity contribution is 0.668. The van der Waals surface area contributed by atoms with Crippen LogP contribution in [-0.4, -0.2) is 15.0 Å². The lowest BCUT2D eigenvalue weighted by Gasteiger charge is -2.21. The van der Waals surface area contributed by atoms with E-state index in [1.54, 1.807) is 0 Å². The molecule has 0 atom stereocenters. The Balaban J connectivity index is 1.13. The van der Waals surface area contributed by atoms with Crippen molar-refractivity contribution in [3.05, 3.63) is 175 Å². The lowest BCUT2D eigenvalue weighted by Crippen LogP contribution is -2.04. The van der Waals surface area contributed by atoms with Crippen LogP contribution in [0.1, 0.15) is 11.1 Å². The van der Waals surface area contributed by atoms with Crippen LogP contribution in [0, 0.1) is 0 Å². The Bertz CT molecular complexity index is 3370. The summed E-state index contributed by atoms with van der Waals surface area (Å²) in [6, 6.07) is 58.2. The molecule has 0 fully saturated rings. The van der Waals surface area contributed by atoms with Gasteiger partial charge in [0.15, 0.2) is 17.5 Å². The molecule has 1 aliphatic rings. The summed E-state index contributed by atoms with van der Waals surface area (Å²) in [5.74, 6) is 1.88. The lowest BCUT2D eigenvalue weighted by atomic mass is 9.83. The molecule has 2 heterocycles. The van der Waals surface area contributed by atoms with Crippen LogP contribution in [0.4, 0.5) is 0 Å².